The molecule has 2 nitrogen and oxygen atoms in total. The molecule has 2 heterocycles. The number of rotatable bonds is 4. The maximum absolute atomic E-state index is 5.49. The van der Waals surface area contributed by atoms with Gasteiger partial charge in [-0.3, -0.25) is 0 Å². The summed E-state index contributed by atoms with van der Waals surface area (Å²) in [6, 6.07) is 50.4. The van der Waals surface area contributed by atoms with Crippen LogP contribution in [0, 0.1) is 0 Å². The van der Waals surface area contributed by atoms with Crippen LogP contribution in [-0.4, -0.2) is 5.43 Å². The van der Waals surface area contributed by atoms with Gasteiger partial charge in [-0.15, -0.1) is 82.8 Å². The third-order valence-corrected chi connectivity index (χ3v) is 7.28. The topological polar surface area (TPSA) is 26.3 Å². The zero-order chi connectivity index (χ0) is 30.3. The van der Waals surface area contributed by atoms with Crippen molar-refractivity contribution in [3.63, 3.8) is 0 Å². The van der Waals surface area contributed by atoms with Gasteiger partial charge in [0.05, 0.1) is 24.0 Å². The Morgan fingerprint density at radius 1 is 0.500 bits per heavy atom. The van der Waals surface area contributed by atoms with E-state index in [1.54, 1.807) is 35.9 Å². The maximum Gasteiger partial charge on any atom is 0.0796 e. The fourth-order valence-corrected chi connectivity index (χ4v) is 5.38. The average Bonchev–Trinajstić information content (AvgIpc) is 3.87. The van der Waals surface area contributed by atoms with Crippen LogP contribution in [0.5, 0.6) is 0 Å². The van der Waals surface area contributed by atoms with Gasteiger partial charge in [0.1, 0.15) is 0 Å². The maximum atomic E-state index is 5.49. The predicted molar refractivity (Wildman–Crippen MR) is 197 cm³/mol. The van der Waals surface area contributed by atoms with Crippen LogP contribution in [0.1, 0.15) is 0 Å². The Morgan fingerprint density at radius 3 is 1.24 bits per heavy atom. The molecule has 6 heteroatoms. The Balaban J connectivity index is 0.000000180. The van der Waals surface area contributed by atoms with Crippen molar-refractivity contribution in [2.24, 2.45) is 0 Å². The van der Waals surface area contributed by atoms with Gasteiger partial charge in [-0.2, -0.15) is 0 Å². The zero-order valence-corrected chi connectivity index (χ0v) is 30.7. The summed E-state index contributed by atoms with van der Waals surface area (Å²) in [5, 5.41) is 5.03. The average molecular weight is 737 g/mol. The Bertz CT molecular complexity index is 1940. The Hall–Kier alpha value is -3.66. The summed E-state index contributed by atoms with van der Waals surface area (Å²) in [5.74, 6) is 1.83. The molecule has 0 saturated heterocycles. The molecule has 46 heavy (non-hydrogen) atoms. The minimum Gasteiger partial charge on any atom is -0.499 e. The van der Waals surface area contributed by atoms with Crippen LogP contribution in [0.3, 0.4) is 0 Å². The molecule has 0 aliphatic heterocycles. The molecule has 0 amide bonds. The number of halogens is 2. The third-order valence-electron chi connectivity index (χ3n) is 7.28. The van der Waals surface area contributed by atoms with E-state index in [1.807, 2.05) is 36.4 Å². The monoisotopic (exact) mass is 734 g/mol. The molecule has 8 aromatic rings. The molecule has 0 fully saturated rings. The minimum absolute atomic E-state index is 0. The van der Waals surface area contributed by atoms with Crippen molar-refractivity contribution >= 4 is 51.8 Å². The van der Waals surface area contributed by atoms with Gasteiger partial charge in [0, 0.05) is 0 Å². The van der Waals surface area contributed by atoms with E-state index in [9.17, 15) is 0 Å². The van der Waals surface area contributed by atoms with Crippen molar-refractivity contribution in [3.05, 3.63) is 158 Å². The van der Waals surface area contributed by atoms with Crippen molar-refractivity contribution in [1.29, 1.82) is 0 Å². The molecular formula is C40H34Cl2O2SiZr. The number of furan rings is 2. The third kappa shape index (κ3) is 8.37. The summed E-state index contributed by atoms with van der Waals surface area (Å²) < 4.78 is 11.0. The van der Waals surface area contributed by atoms with E-state index in [0.29, 0.717) is 0 Å². The van der Waals surface area contributed by atoms with Crippen LogP contribution in [0.15, 0.2) is 167 Å². The van der Waals surface area contributed by atoms with Gasteiger partial charge in [-0.05, 0) is 23.3 Å². The Kier molecular flexibility index (Phi) is 12.8. The number of fused-ring (bicyclic) bond motifs is 2. The summed E-state index contributed by atoms with van der Waals surface area (Å²) in [4.78, 5) is 0. The van der Waals surface area contributed by atoms with Crippen LogP contribution in [-0.2, 0) is 23.3 Å². The van der Waals surface area contributed by atoms with Crippen molar-refractivity contribution in [1.82, 2.24) is 0 Å². The fraction of sp³-hybridized carbons (Fsp3) is 0.0500. The summed E-state index contributed by atoms with van der Waals surface area (Å²) in [5.41, 5.74) is 7.50. The summed E-state index contributed by atoms with van der Waals surface area (Å²) in [6.45, 7) is 4.62. The second kappa shape index (κ2) is 16.8. The van der Waals surface area contributed by atoms with Crippen molar-refractivity contribution in [2.75, 3.05) is 0 Å². The second-order valence-electron chi connectivity index (χ2n) is 10.8. The molecule has 8 rings (SSSR count). The van der Waals surface area contributed by atoms with Gasteiger partial charge in [-0.1, -0.05) is 119 Å². The molecular weight excluding hydrogens is 703 g/mol. The van der Waals surface area contributed by atoms with E-state index in [4.69, 9.17) is 8.83 Å². The largest absolute Gasteiger partial charge is 0.499 e. The number of hydrogen-bond acceptors (Lipinski definition) is 2. The van der Waals surface area contributed by atoms with E-state index >= 15 is 0 Å². The first-order valence-electron chi connectivity index (χ1n) is 14.7. The van der Waals surface area contributed by atoms with Gasteiger partial charge >= 0.3 is 41.9 Å². The van der Waals surface area contributed by atoms with E-state index in [1.165, 1.54) is 43.8 Å². The SMILES string of the molecule is C[Si](C)=[Zr+2].Cl.Cl.c1ccc(-c2cccc3[cH-]c(-c4ccco4)cc23)cc1.c1ccc(-c2cccc3[cH-]c(-c4ccco4)cc23)cc1. The molecule has 2 aromatic heterocycles. The number of benzene rings is 4. The summed E-state index contributed by atoms with van der Waals surface area (Å²) in [7, 11) is 0. The minimum atomic E-state index is 0. The normalized spacial score (nSPS) is 10.2. The smallest absolute Gasteiger partial charge is 0.0796 e. The van der Waals surface area contributed by atoms with Gasteiger partial charge in [0.15, 0.2) is 0 Å². The van der Waals surface area contributed by atoms with Crippen molar-refractivity contribution in [2.45, 2.75) is 13.1 Å². The fourth-order valence-electron chi connectivity index (χ4n) is 5.38. The first kappa shape index (κ1) is 35.2. The van der Waals surface area contributed by atoms with Crippen LogP contribution in [0.25, 0.3) is 66.4 Å². The van der Waals surface area contributed by atoms with E-state index < -0.39 is 0 Å². The first-order chi connectivity index (χ1) is 21.6. The Labute approximate surface area is 298 Å². The summed E-state index contributed by atoms with van der Waals surface area (Å²) >= 11 is 1.74. The molecule has 0 aliphatic carbocycles. The molecule has 0 saturated carbocycles. The van der Waals surface area contributed by atoms with E-state index in [2.05, 4.69) is 122 Å². The van der Waals surface area contributed by atoms with Crippen molar-refractivity contribution in [3.8, 4) is 44.9 Å². The van der Waals surface area contributed by atoms with Gasteiger partial charge in [-0.25, -0.2) is 0 Å². The second-order valence-corrected chi connectivity index (χ2v) is 20.2. The Morgan fingerprint density at radius 2 is 0.891 bits per heavy atom. The molecule has 0 spiro atoms. The van der Waals surface area contributed by atoms with Gasteiger partial charge in [0.2, 0.25) is 0 Å². The quantitative estimate of drug-likeness (QED) is 0.133. The first-order valence-corrected chi connectivity index (χ1v) is 20.8. The van der Waals surface area contributed by atoms with Crippen LogP contribution < -0.4 is 0 Å². The van der Waals surface area contributed by atoms with Gasteiger partial charge < -0.3 is 8.83 Å². The molecule has 0 unspecified atom stereocenters. The molecule has 0 bridgehead atoms. The van der Waals surface area contributed by atoms with Crippen molar-refractivity contribution < 1.29 is 32.2 Å². The van der Waals surface area contributed by atoms with E-state index in [0.717, 1.165) is 22.6 Å². The molecule has 0 N–H and O–H groups in total. The zero-order valence-electron chi connectivity index (χ0n) is 25.6. The van der Waals surface area contributed by atoms with Crippen LogP contribution >= 0.6 is 24.8 Å². The van der Waals surface area contributed by atoms with Gasteiger partial charge in [0.25, 0.3) is 0 Å². The van der Waals surface area contributed by atoms with Crippen LogP contribution in [0.4, 0.5) is 0 Å². The van der Waals surface area contributed by atoms with E-state index in [-0.39, 0.29) is 30.2 Å². The number of hydrogen-bond donors (Lipinski definition) is 0. The predicted octanol–water partition coefficient (Wildman–Crippen LogP) is 12.6. The molecule has 0 atom stereocenters. The standard InChI is InChI=1S/2C19H13O.C2H6Si.2ClH.Zr/c2*1-2-6-14(7-3-1)17-9-4-8-15-12-16(13-18(15)17)19-10-5-11-20-19;1-3-2;;;/h2*1-13H;1-2H3;2*1H;/q2*-1;;;;+2. The van der Waals surface area contributed by atoms with Crippen LogP contribution in [0.2, 0.25) is 13.1 Å². The molecule has 228 valence electrons. The summed E-state index contributed by atoms with van der Waals surface area (Å²) in [6.07, 6.45) is 3.43. The molecule has 0 radical (unpaired) electrons. The molecule has 6 aromatic carbocycles. The molecule has 0 aliphatic rings.